The highest BCUT2D eigenvalue weighted by molar-refractivity contribution is 6.30. The Labute approximate surface area is 123 Å². The van der Waals surface area contributed by atoms with Crippen molar-refractivity contribution in [3.63, 3.8) is 0 Å². The molecule has 2 aromatic rings. The second kappa shape index (κ2) is 5.51. The molecule has 0 radical (unpaired) electrons. The Morgan fingerprint density at radius 3 is 2.90 bits per heavy atom. The van der Waals surface area contributed by atoms with Crippen LogP contribution in [0, 0.1) is 5.92 Å². The maximum Gasteiger partial charge on any atom is 0.123 e. The van der Waals surface area contributed by atoms with Gasteiger partial charge in [-0.2, -0.15) is 0 Å². The molecule has 1 aromatic heterocycles. The maximum atomic E-state index is 10.1. The van der Waals surface area contributed by atoms with Crippen LogP contribution < -0.4 is 4.74 Å². The van der Waals surface area contributed by atoms with Crippen molar-refractivity contribution in [3.05, 3.63) is 52.8 Å². The molecule has 0 spiro atoms. The zero-order chi connectivity index (χ0) is 14.1. The molecule has 3 rings (SSSR count). The van der Waals surface area contributed by atoms with Gasteiger partial charge in [0.05, 0.1) is 19.8 Å². The fourth-order valence-corrected chi connectivity index (χ4v) is 2.68. The molecule has 0 aliphatic heterocycles. The summed E-state index contributed by atoms with van der Waals surface area (Å²) in [5.41, 5.74) is 2.02. The van der Waals surface area contributed by atoms with Gasteiger partial charge in [0.15, 0.2) is 0 Å². The van der Waals surface area contributed by atoms with Crippen molar-refractivity contribution >= 4 is 11.6 Å². The summed E-state index contributed by atoms with van der Waals surface area (Å²) in [4.78, 5) is 0. The van der Waals surface area contributed by atoms with E-state index in [9.17, 15) is 5.11 Å². The molecular weight excluding hydrogens is 274 g/mol. The van der Waals surface area contributed by atoms with E-state index in [-0.39, 0.29) is 6.10 Å². The van der Waals surface area contributed by atoms with Gasteiger partial charge in [0.25, 0.3) is 0 Å². The molecule has 20 heavy (non-hydrogen) atoms. The first-order chi connectivity index (χ1) is 9.67. The highest BCUT2D eigenvalue weighted by Gasteiger charge is 2.31. The molecule has 106 valence electrons. The Morgan fingerprint density at radius 1 is 1.40 bits per heavy atom. The third-order valence-electron chi connectivity index (χ3n) is 3.78. The van der Waals surface area contributed by atoms with Crippen LogP contribution in [0.3, 0.4) is 0 Å². The van der Waals surface area contributed by atoms with Gasteiger partial charge in [-0.15, -0.1) is 0 Å². The lowest BCUT2D eigenvalue weighted by Crippen LogP contribution is -2.01. The summed E-state index contributed by atoms with van der Waals surface area (Å²) in [5.74, 6) is 1.28. The van der Waals surface area contributed by atoms with E-state index in [1.807, 2.05) is 36.7 Å². The maximum absolute atomic E-state index is 10.1. The summed E-state index contributed by atoms with van der Waals surface area (Å²) in [6, 6.07) is 7.60. The molecule has 1 unspecified atom stereocenters. The highest BCUT2D eigenvalue weighted by atomic mass is 35.5. The third kappa shape index (κ3) is 2.84. The lowest BCUT2D eigenvalue weighted by Gasteiger charge is -2.10. The van der Waals surface area contributed by atoms with Gasteiger partial charge in [-0.3, -0.25) is 0 Å². The number of nitrogens with zero attached hydrogens (tertiary/aromatic N) is 1. The Balaban J connectivity index is 1.79. The van der Waals surface area contributed by atoms with Gasteiger partial charge < -0.3 is 14.4 Å². The molecule has 1 aliphatic carbocycles. The Bertz CT molecular complexity index is 604. The van der Waals surface area contributed by atoms with Crippen LogP contribution in [0.1, 0.15) is 30.1 Å². The first-order valence-electron chi connectivity index (χ1n) is 6.83. The molecule has 4 heteroatoms. The molecule has 1 aliphatic rings. The molecule has 0 saturated heterocycles. The van der Waals surface area contributed by atoms with Crippen molar-refractivity contribution in [2.45, 2.75) is 25.5 Å². The minimum absolute atomic E-state index is 0.322. The van der Waals surface area contributed by atoms with Crippen LogP contribution in [0.4, 0.5) is 0 Å². The summed E-state index contributed by atoms with van der Waals surface area (Å²) >= 11 is 6.04. The van der Waals surface area contributed by atoms with Crippen molar-refractivity contribution in [1.29, 1.82) is 0 Å². The molecule has 1 heterocycles. The Hall–Kier alpha value is -1.45. The second-order valence-corrected chi connectivity index (χ2v) is 5.79. The summed E-state index contributed by atoms with van der Waals surface area (Å²) < 4.78 is 7.40. The van der Waals surface area contributed by atoms with Gasteiger partial charge in [-0.25, -0.2) is 0 Å². The summed E-state index contributed by atoms with van der Waals surface area (Å²) in [5, 5.41) is 10.8. The predicted octanol–water partition coefficient (Wildman–Crippen LogP) is 3.64. The quantitative estimate of drug-likeness (QED) is 0.912. The molecule has 1 atom stereocenters. The highest BCUT2D eigenvalue weighted by Crippen LogP contribution is 2.40. The lowest BCUT2D eigenvalue weighted by molar-refractivity contribution is 0.154. The van der Waals surface area contributed by atoms with Gasteiger partial charge in [0, 0.05) is 23.0 Å². The fraction of sp³-hybridized carbons (Fsp3) is 0.375. The average molecular weight is 292 g/mol. The number of aliphatic hydroxyl groups is 1. The summed E-state index contributed by atoms with van der Waals surface area (Å²) in [6.45, 7) is 0.682. The monoisotopic (exact) mass is 291 g/mol. The summed E-state index contributed by atoms with van der Waals surface area (Å²) in [6.07, 6.45) is 5.94. The van der Waals surface area contributed by atoms with Crippen molar-refractivity contribution in [2.24, 2.45) is 5.92 Å². The Kier molecular flexibility index (Phi) is 3.72. The van der Waals surface area contributed by atoms with Crippen molar-refractivity contribution < 1.29 is 9.84 Å². The number of methoxy groups -OCH3 is 1. The van der Waals surface area contributed by atoms with Crippen LogP contribution in [0.5, 0.6) is 5.75 Å². The van der Waals surface area contributed by atoms with Gasteiger partial charge in [0.1, 0.15) is 5.75 Å². The molecule has 1 fully saturated rings. The number of ether oxygens (including phenoxy) is 1. The lowest BCUT2D eigenvalue weighted by atomic mass is 10.1. The van der Waals surface area contributed by atoms with E-state index in [0.717, 1.165) is 29.7 Å². The molecule has 1 aromatic carbocycles. The normalized spacial score (nSPS) is 16.1. The van der Waals surface area contributed by atoms with E-state index in [1.54, 1.807) is 7.11 Å². The molecule has 1 saturated carbocycles. The number of aromatic nitrogens is 1. The first kappa shape index (κ1) is 13.5. The molecule has 0 bridgehead atoms. The number of hydrogen-bond donors (Lipinski definition) is 1. The van der Waals surface area contributed by atoms with E-state index in [2.05, 4.69) is 4.57 Å². The molecule has 3 nitrogen and oxygen atoms in total. The van der Waals surface area contributed by atoms with Crippen LogP contribution in [0.2, 0.25) is 5.02 Å². The van der Waals surface area contributed by atoms with Crippen molar-refractivity contribution in [2.75, 3.05) is 7.11 Å². The number of aliphatic hydroxyl groups excluding tert-OH is 1. The van der Waals surface area contributed by atoms with Crippen molar-refractivity contribution in [1.82, 2.24) is 4.57 Å². The van der Waals surface area contributed by atoms with E-state index in [0.29, 0.717) is 17.5 Å². The van der Waals surface area contributed by atoms with E-state index >= 15 is 0 Å². The predicted molar refractivity (Wildman–Crippen MR) is 79.2 cm³/mol. The molecule has 0 amide bonds. The van der Waals surface area contributed by atoms with E-state index in [4.69, 9.17) is 16.3 Å². The second-order valence-electron chi connectivity index (χ2n) is 5.36. The number of benzene rings is 1. The summed E-state index contributed by atoms with van der Waals surface area (Å²) in [7, 11) is 1.66. The number of rotatable bonds is 5. The zero-order valence-electron chi connectivity index (χ0n) is 11.4. The fourth-order valence-electron chi connectivity index (χ4n) is 2.48. The zero-order valence-corrected chi connectivity index (χ0v) is 12.2. The van der Waals surface area contributed by atoms with Gasteiger partial charge in [-0.1, -0.05) is 11.6 Å². The third-order valence-corrected chi connectivity index (χ3v) is 4.01. The Morgan fingerprint density at radius 2 is 2.20 bits per heavy atom. The minimum atomic E-state index is -0.322. The van der Waals surface area contributed by atoms with E-state index < -0.39 is 0 Å². The molecule has 1 N–H and O–H groups in total. The van der Waals surface area contributed by atoms with Crippen LogP contribution in [-0.4, -0.2) is 16.8 Å². The van der Waals surface area contributed by atoms with Gasteiger partial charge >= 0.3 is 0 Å². The SMILES string of the molecule is COc1ccc(Cl)cc1Cn1ccc(C(O)C2CC2)c1. The van der Waals surface area contributed by atoms with Crippen LogP contribution in [0.15, 0.2) is 36.7 Å². The average Bonchev–Trinajstić information content (AvgIpc) is 3.19. The van der Waals surface area contributed by atoms with Crippen molar-refractivity contribution in [3.8, 4) is 5.75 Å². The van der Waals surface area contributed by atoms with E-state index in [1.165, 1.54) is 0 Å². The van der Waals surface area contributed by atoms with Gasteiger partial charge in [0.2, 0.25) is 0 Å². The van der Waals surface area contributed by atoms with Crippen LogP contribution in [-0.2, 0) is 6.54 Å². The molecular formula is C16H18ClNO2. The topological polar surface area (TPSA) is 34.4 Å². The standard InChI is InChI=1S/C16H18ClNO2/c1-20-15-5-4-14(17)8-13(15)10-18-7-6-12(9-18)16(19)11-2-3-11/h4-9,11,16,19H,2-3,10H2,1H3. The van der Waals surface area contributed by atoms with Gasteiger partial charge in [-0.05, 0) is 48.6 Å². The van der Waals surface area contributed by atoms with Crippen LogP contribution >= 0.6 is 11.6 Å². The first-order valence-corrected chi connectivity index (χ1v) is 7.21. The number of halogens is 1. The smallest absolute Gasteiger partial charge is 0.123 e. The largest absolute Gasteiger partial charge is 0.496 e. The number of hydrogen-bond acceptors (Lipinski definition) is 2. The van der Waals surface area contributed by atoms with Crippen LogP contribution in [0.25, 0.3) is 0 Å². The minimum Gasteiger partial charge on any atom is -0.496 e.